The summed E-state index contributed by atoms with van der Waals surface area (Å²) in [6.45, 7) is 2.20. The second-order valence-corrected chi connectivity index (χ2v) is 7.97. The molecule has 8 heteroatoms. The van der Waals surface area contributed by atoms with Gasteiger partial charge in [-0.05, 0) is 23.6 Å². The first-order valence-electron chi connectivity index (χ1n) is 8.93. The molecule has 1 N–H and O–H groups in total. The number of ether oxygens (including phenoxy) is 1. The third kappa shape index (κ3) is 4.30. The van der Waals surface area contributed by atoms with Crippen molar-refractivity contribution in [1.29, 1.82) is 0 Å². The monoisotopic (exact) mass is 413 g/mol. The number of amides is 2. The molecule has 0 aliphatic carbocycles. The number of anilines is 1. The van der Waals surface area contributed by atoms with Gasteiger partial charge in [-0.2, -0.15) is 11.3 Å². The maximum Gasteiger partial charge on any atom is 0.256 e. The smallest absolute Gasteiger partial charge is 0.256 e. The highest BCUT2D eigenvalue weighted by molar-refractivity contribution is 7.14. The Morgan fingerprint density at radius 1 is 1.14 bits per heavy atom. The van der Waals surface area contributed by atoms with E-state index in [1.165, 1.54) is 11.3 Å². The molecule has 1 aliphatic rings. The van der Waals surface area contributed by atoms with Gasteiger partial charge in [0.15, 0.2) is 0 Å². The van der Waals surface area contributed by atoms with Gasteiger partial charge < -0.3 is 15.0 Å². The van der Waals surface area contributed by atoms with Crippen LogP contribution in [0.3, 0.4) is 0 Å². The van der Waals surface area contributed by atoms with Crippen LogP contribution in [0.4, 0.5) is 5.69 Å². The molecule has 28 heavy (non-hydrogen) atoms. The summed E-state index contributed by atoms with van der Waals surface area (Å²) in [5.74, 6) is -0.281. The van der Waals surface area contributed by atoms with Gasteiger partial charge >= 0.3 is 0 Å². The molecule has 0 spiro atoms. The Bertz CT molecular complexity index is 963. The zero-order chi connectivity index (χ0) is 19.3. The maximum absolute atomic E-state index is 12.8. The first kappa shape index (κ1) is 18.8. The summed E-state index contributed by atoms with van der Waals surface area (Å²) < 4.78 is 5.31. The molecule has 0 atom stereocenters. The van der Waals surface area contributed by atoms with Gasteiger partial charge in [0.05, 0.1) is 36.6 Å². The highest BCUT2D eigenvalue weighted by Crippen LogP contribution is 2.26. The van der Waals surface area contributed by atoms with Crippen molar-refractivity contribution in [3.8, 4) is 10.6 Å². The van der Waals surface area contributed by atoms with Crippen LogP contribution in [0.5, 0.6) is 0 Å². The van der Waals surface area contributed by atoms with Crippen LogP contribution in [0.25, 0.3) is 10.6 Å². The molecule has 0 unspecified atom stereocenters. The predicted octanol–water partition coefficient (Wildman–Crippen LogP) is 3.53. The molecule has 6 nitrogen and oxygen atoms in total. The first-order valence-corrected chi connectivity index (χ1v) is 10.8. The van der Waals surface area contributed by atoms with Crippen molar-refractivity contribution in [3.63, 3.8) is 0 Å². The number of rotatable bonds is 5. The molecule has 1 aromatic carbocycles. The van der Waals surface area contributed by atoms with Crippen LogP contribution in [0.2, 0.25) is 0 Å². The Kier molecular flexibility index (Phi) is 5.80. The second-order valence-electron chi connectivity index (χ2n) is 6.33. The lowest BCUT2D eigenvalue weighted by Gasteiger charge is -2.27. The molecule has 2 amide bonds. The highest BCUT2D eigenvalue weighted by Gasteiger charge is 2.21. The van der Waals surface area contributed by atoms with Gasteiger partial charge in [-0.15, -0.1) is 11.3 Å². The summed E-state index contributed by atoms with van der Waals surface area (Å²) >= 11 is 3.14. The number of hydrogen-bond donors (Lipinski definition) is 1. The number of carbonyl (C=O) groups is 2. The summed E-state index contributed by atoms with van der Waals surface area (Å²) in [5.41, 5.74) is 2.82. The molecule has 2 aromatic heterocycles. The fourth-order valence-corrected chi connectivity index (χ4v) is 4.51. The second kappa shape index (κ2) is 8.64. The average Bonchev–Trinajstić information content (AvgIpc) is 3.40. The summed E-state index contributed by atoms with van der Waals surface area (Å²) in [7, 11) is 0. The van der Waals surface area contributed by atoms with Gasteiger partial charge in [0, 0.05) is 29.4 Å². The van der Waals surface area contributed by atoms with Crippen molar-refractivity contribution < 1.29 is 14.3 Å². The Balaban J connectivity index is 1.44. The van der Waals surface area contributed by atoms with E-state index in [1.807, 2.05) is 28.3 Å². The molecular formula is C20H19N3O3S2. The molecule has 0 bridgehead atoms. The largest absolute Gasteiger partial charge is 0.378 e. The number of nitrogens with zero attached hydrogens (tertiary/aromatic N) is 2. The van der Waals surface area contributed by atoms with Crippen LogP contribution in [-0.4, -0.2) is 48.0 Å². The van der Waals surface area contributed by atoms with Crippen LogP contribution < -0.4 is 5.32 Å². The topological polar surface area (TPSA) is 71.5 Å². The van der Waals surface area contributed by atoms with Crippen LogP contribution in [0.1, 0.15) is 16.1 Å². The minimum absolute atomic E-state index is 0.0902. The van der Waals surface area contributed by atoms with Crippen molar-refractivity contribution in [3.05, 3.63) is 57.7 Å². The van der Waals surface area contributed by atoms with E-state index in [0.29, 0.717) is 37.6 Å². The van der Waals surface area contributed by atoms with E-state index < -0.39 is 0 Å². The molecule has 3 aromatic rings. The molecule has 0 saturated carbocycles. The molecule has 1 fully saturated rings. The van der Waals surface area contributed by atoms with Crippen LogP contribution in [-0.2, 0) is 16.0 Å². The van der Waals surface area contributed by atoms with Gasteiger partial charge in [-0.3, -0.25) is 9.59 Å². The van der Waals surface area contributed by atoms with Crippen LogP contribution in [0, 0.1) is 0 Å². The molecule has 1 aliphatic heterocycles. The van der Waals surface area contributed by atoms with Crippen LogP contribution >= 0.6 is 22.7 Å². The Morgan fingerprint density at radius 2 is 1.96 bits per heavy atom. The van der Waals surface area contributed by atoms with E-state index in [9.17, 15) is 9.59 Å². The zero-order valence-electron chi connectivity index (χ0n) is 15.1. The Labute approximate surface area is 170 Å². The Hall–Kier alpha value is -2.55. The van der Waals surface area contributed by atoms with E-state index in [4.69, 9.17) is 4.74 Å². The summed E-state index contributed by atoms with van der Waals surface area (Å²) in [4.78, 5) is 31.6. The third-order valence-corrected chi connectivity index (χ3v) is 6.01. The van der Waals surface area contributed by atoms with Crippen LogP contribution in [0.15, 0.2) is 46.5 Å². The van der Waals surface area contributed by atoms with E-state index in [-0.39, 0.29) is 18.2 Å². The normalized spacial score (nSPS) is 14.1. The molecule has 4 rings (SSSR count). The fourth-order valence-electron chi connectivity index (χ4n) is 2.98. The van der Waals surface area contributed by atoms with E-state index >= 15 is 0 Å². The number of aromatic nitrogens is 1. The molecule has 3 heterocycles. The number of hydrogen-bond acceptors (Lipinski definition) is 6. The van der Waals surface area contributed by atoms with Gasteiger partial charge in [0.25, 0.3) is 5.91 Å². The SMILES string of the molecule is O=C(Cc1csc(-c2ccsc2)n1)Nc1ccccc1C(=O)N1CCOCC1. The van der Waals surface area contributed by atoms with Crippen molar-refractivity contribution in [2.45, 2.75) is 6.42 Å². The number of nitrogens with one attached hydrogen (secondary N) is 1. The number of thiophene rings is 1. The zero-order valence-corrected chi connectivity index (χ0v) is 16.7. The van der Waals surface area contributed by atoms with E-state index in [2.05, 4.69) is 10.3 Å². The highest BCUT2D eigenvalue weighted by atomic mass is 32.1. The minimum Gasteiger partial charge on any atom is -0.378 e. The lowest BCUT2D eigenvalue weighted by atomic mass is 10.1. The van der Waals surface area contributed by atoms with Crippen molar-refractivity contribution >= 4 is 40.2 Å². The van der Waals surface area contributed by atoms with E-state index in [1.54, 1.807) is 34.4 Å². The quantitative estimate of drug-likeness (QED) is 0.695. The minimum atomic E-state index is -0.190. The summed E-state index contributed by atoms with van der Waals surface area (Å²) in [6.07, 6.45) is 0.167. The van der Waals surface area contributed by atoms with Crippen molar-refractivity contribution in [1.82, 2.24) is 9.88 Å². The molecular weight excluding hydrogens is 394 g/mol. The van der Waals surface area contributed by atoms with E-state index in [0.717, 1.165) is 16.3 Å². The number of benzene rings is 1. The third-order valence-electron chi connectivity index (χ3n) is 4.39. The van der Waals surface area contributed by atoms with Gasteiger partial charge in [-0.25, -0.2) is 4.98 Å². The van der Waals surface area contributed by atoms with Gasteiger partial charge in [0.2, 0.25) is 5.91 Å². The number of carbonyl (C=O) groups excluding carboxylic acids is 2. The number of thiazole rings is 1. The summed E-state index contributed by atoms with van der Waals surface area (Å²) in [5, 5.41) is 9.72. The van der Waals surface area contributed by atoms with Gasteiger partial charge in [-0.1, -0.05) is 12.1 Å². The number of para-hydroxylation sites is 1. The molecule has 0 radical (unpaired) electrons. The fraction of sp³-hybridized carbons (Fsp3) is 0.250. The maximum atomic E-state index is 12.8. The molecule has 144 valence electrons. The Morgan fingerprint density at radius 3 is 2.75 bits per heavy atom. The first-order chi connectivity index (χ1) is 13.7. The van der Waals surface area contributed by atoms with Crippen molar-refractivity contribution in [2.24, 2.45) is 0 Å². The predicted molar refractivity (Wildman–Crippen MR) is 111 cm³/mol. The van der Waals surface area contributed by atoms with Gasteiger partial charge in [0.1, 0.15) is 5.01 Å². The number of morpholine rings is 1. The lowest BCUT2D eigenvalue weighted by molar-refractivity contribution is -0.115. The summed E-state index contributed by atoms with van der Waals surface area (Å²) in [6, 6.07) is 9.12. The molecule has 1 saturated heterocycles. The lowest BCUT2D eigenvalue weighted by Crippen LogP contribution is -2.41. The average molecular weight is 414 g/mol. The van der Waals surface area contributed by atoms with Crippen molar-refractivity contribution in [2.75, 3.05) is 31.6 Å². The standard InChI is InChI=1S/C20H19N3O3S2/c24-18(11-15-13-28-19(21-15)14-5-10-27-12-14)22-17-4-2-1-3-16(17)20(25)23-6-8-26-9-7-23/h1-5,10,12-13H,6-9,11H2,(H,22,24).